The monoisotopic (exact) mass is 736 g/mol. The molecule has 0 saturated carbocycles. The van der Waals surface area contributed by atoms with Crippen LogP contribution in [-0.4, -0.2) is 84.5 Å². The average molecular weight is 737 g/mol. The molecule has 1 saturated heterocycles. The number of tetrazole rings is 1. The van der Waals surface area contributed by atoms with Crippen molar-refractivity contribution < 1.29 is 70.9 Å². The van der Waals surface area contributed by atoms with E-state index in [1.54, 1.807) is 11.9 Å². The first kappa shape index (κ1) is 38.5. The molecule has 0 radical (unpaired) electrons. The van der Waals surface area contributed by atoms with Gasteiger partial charge in [0.15, 0.2) is 0 Å². The van der Waals surface area contributed by atoms with Gasteiger partial charge in [0.25, 0.3) is 5.91 Å². The molecule has 0 spiro atoms. The smallest absolute Gasteiger partial charge is 0.391 e. The van der Waals surface area contributed by atoms with Crippen LogP contribution in [0, 0.1) is 0 Å². The van der Waals surface area contributed by atoms with Gasteiger partial charge in [-0.2, -0.15) is 5.21 Å². The van der Waals surface area contributed by atoms with Crippen LogP contribution < -0.4 is 61.8 Å². The Bertz CT molecular complexity index is 2170. The molecule has 266 valence electrons. The number of amides is 3. The second kappa shape index (κ2) is 17.7. The SMILES string of the molecule is CN(Cc1ccccc1)C(=O)[C@@H](Cc1ccc2ccccc2c1)NC(=O)[C@H]1C[C@H](O)CN1C(=O)c1cn(CCCCc2nnn[n-]2)c2ccccc12.[K+]. The van der Waals surface area contributed by atoms with Crippen molar-refractivity contribution in [1.82, 2.24) is 40.3 Å². The fourth-order valence-corrected chi connectivity index (χ4v) is 7.14. The van der Waals surface area contributed by atoms with Crippen LogP contribution >= 0.6 is 0 Å². The number of β-amino-alcohol motifs (C(OH)–C–C–N with tert-alkyl or cyclic N) is 1. The Morgan fingerprint density at radius 2 is 1.70 bits per heavy atom. The van der Waals surface area contributed by atoms with E-state index in [0.717, 1.165) is 45.6 Å². The van der Waals surface area contributed by atoms with Gasteiger partial charge in [0.05, 0.1) is 11.7 Å². The molecule has 1 aliphatic heterocycles. The van der Waals surface area contributed by atoms with Crippen LogP contribution in [0.3, 0.4) is 0 Å². The third kappa shape index (κ3) is 9.11. The van der Waals surface area contributed by atoms with E-state index in [1.807, 2.05) is 108 Å². The average Bonchev–Trinajstić information content (AvgIpc) is 3.92. The quantitative estimate of drug-likeness (QED) is 0.132. The van der Waals surface area contributed by atoms with Gasteiger partial charge < -0.3 is 29.9 Å². The molecule has 4 aromatic carbocycles. The molecular formula is C40H41KN8O4. The van der Waals surface area contributed by atoms with Crippen molar-refractivity contribution in [2.45, 2.75) is 63.4 Å². The molecule has 2 N–H and O–H groups in total. The molecule has 6 aromatic rings. The summed E-state index contributed by atoms with van der Waals surface area (Å²) in [6, 6.07) is 29.5. The van der Waals surface area contributed by atoms with Gasteiger partial charge >= 0.3 is 51.4 Å². The molecule has 3 heterocycles. The number of para-hydroxylation sites is 1. The van der Waals surface area contributed by atoms with Crippen LogP contribution in [0.1, 0.15) is 46.6 Å². The molecule has 53 heavy (non-hydrogen) atoms. The molecule has 1 aliphatic rings. The number of unbranched alkanes of at least 4 members (excludes halogenated alkanes) is 1. The molecule has 13 heteroatoms. The number of likely N-dealkylation sites (tertiary alicyclic amines) is 1. The molecule has 3 amide bonds. The maximum atomic E-state index is 14.3. The fraction of sp³-hybridized carbons (Fsp3) is 0.300. The Hall–Kier alpha value is -4.24. The van der Waals surface area contributed by atoms with E-state index in [0.29, 0.717) is 30.9 Å². The maximum absolute atomic E-state index is 14.3. The van der Waals surface area contributed by atoms with Crippen LogP contribution in [0.4, 0.5) is 0 Å². The van der Waals surface area contributed by atoms with Crippen LogP contribution in [0.2, 0.25) is 0 Å². The van der Waals surface area contributed by atoms with Crippen molar-refractivity contribution >= 4 is 39.4 Å². The number of hydrogen-bond donors (Lipinski definition) is 2. The predicted molar refractivity (Wildman–Crippen MR) is 196 cm³/mol. The van der Waals surface area contributed by atoms with Gasteiger partial charge in [0.2, 0.25) is 11.8 Å². The second-order valence-corrected chi connectivity index (χ2v) is 13.5. The van der Waals surface area contributed by atoms with E-state index in [4.69, 9.17) is 0 Å². The third-order valence-corrected chi connectivity index (χ3v) is 9.78. The first-order valence-corrected chi connectivity index (χ1v) is 17.7. The Labute approximate surface area is 350 Å². The van der Waals surface area contributed by atoms with Gasteiger partial charge in [-0.1, -0.05) is 91.0 Å². The number of benzene rings is 4. The molecule has 2 aromatic heterocycles. The number of likely N-dealkylation sites (N-methyl/N-ethyl adjacent to an activating group) is 1. The fourth-order valence-electron chi connectivity index (χ4n) is 7.14. The van der Waals surface area contributed by atoms with Crippen LogP contribution in [0.25, 0.3) is 21.7 Å². The standard InChI is InChI=1S/C40H42N8O4.K/c1-46(24-27-11-3-2-4-12-27)40(52)34(22-28-18-19-29-13-5-6-14-30(29)21-28)41-38(50)36-23-31(49)25-48(36)39(51)33-26-47(35-16-8-7-15-32(33)35)20-10-9-17-37-42-44-45-43-37;/h2-8,11-16,18-19,21,26,31,34,36,49H,9-10,17,20,22-25H2,1H3,(H2,41,42,43,44,45,50);/q;+1/p-1/t31-,34+,36+;/m0./s1. The minimum atomic E-state index is -0.956. The predicted octanol–water partition coefficient (Wildman–Crippen LogP) is 0.925. The number of aromatic nitrogens is 5. The summed E-state index contributed by atoms with van der Waals surface area (Å²) in [5.74, 6) is -0.455. The number of aliphatic hydroxyl groups excluding tert-OH is 1. The van der Waals surface area contributed by atoms with Gasteiger partial charge in [-0.25, -0.2) is 0 Å². The summed E-state index contributed by atoms with van der Waals surface area (Å²) in [6.45, 7) is 1.04. The number of aliphatic hydroxyl groups is 1. The van der Waals surface area contributed by atoms with Gasteiger partial charge in [0.1, 0.15) is 12.1 Å². The summed E-state index contributed by atoms with van der Waals surface area (Å²) in [5.41, 5.74) is 3.23. The molecule has 0 aliphatic carbocycles. The molecule has 7 rings (SSSR count). The minimum absolute atomic E-state index is 0. The number of carbonyl (C=O) groups excluding carboxylic acids is 3. The van der Waals surface area contributed by atoms with E-state index < -0.39 is 24.1 Å². The number of carbonyl (C=O) groups is 3. The zero-order chi connectivity index (χ0) is 36.0. The molecule has 3 atom stereocenters. The summed E-state index contributed by atoms with van der Waals surface area (Å²) >= 11 is 0. The van der Waals surface area contributed by atoms with Crippen molar-refractivity contribution in [3.05, 3.63) is 126 Å². The van der Waals surface area contributed by atoms with Gasteiger partial charge in [-0.05, 0) is 47.2 Å². The van der Waals surface area contributed by atoms with E-state index in [9.17, 15) is 19.5 Å². The van der Waals surface area contributed by atoms with Crippen molar-refractivity contribution in [3.63, 3.8) is 0 Å². The Morgan fingerprint density at radius 1 is 0.943 bits per heavy atom. The van der Waals surface area contributed by atoms with Crippen molar-refractivity contribution in [1.29, 1.82) is 0 Å². The normalized spacial score (nSPS) is 16.0. The Balaban J connectivity index is 0.00000481. The zero-order valence-electron chi connectivity index (χ0n) is 30.0. The summed E-state index contributed by atoms with van der Waals surface area (Å²) in [4.78, 5) is 45.6. The van der Waals surface area contributed by atoms with E-state index in [-0.39, 0.29) is 82.6 Å². The zero-order valence-corrected chi connectivity index (χ0v) is 33.1. The van der Waals surface area contributed by atoms with Crippen LogP contribution in [-0.2, 0) is 35.5 Å². The topological polar surface area (TPSA) is 148 Å². The Kier molecular flexibility index (Phi) is 12.9. The van der Waals surface area contributed by atoms with Crippen molar-refractivity contribution in [2.24, 2.45) is 0 Å². The first-order valence-electron chi connectivity index (χ1n) is 17.7. The second-order valence-electron chi connectivity index (χ2n) is 13.5. The van der Waals surface area contributed by atoms with E-state index in [1.165, 1.54) is 4.90 Å². The minimum Gasteiger partial charge on any atom is -0.391 e. The maximum Gasteiger partial charge on any atom is 1.00 e. The van der Waals surface area contributed by atoms with E-state index >= 15 is 0 Å². The number of hydrogen-bond acceptors (Lipinski definition) is 7. The number of rotatable bonds is 13. The van der Waals surface area contributed by atoms with Gasteiger partial charge in [-0.15, -0.1) is 0 Å². The number of fused-ring (bicyclic) bond motifs is 2. The summed E-state index contributed by atoms with van der Waals surface area (Å²) < 4.78 is 2.05. The molecule has 0 bridgehead atoms. The molecule has 0 unspecified atom stereocenters. The molecule has 12 nitrogen and oxygen atoms in total. The van der Waals surface area contributed by atoms with Crippen LogP contribution in [0.5, 0.6) is 0 Å². The van der Waals surface area contributed by atoms with Gasteiger partial charge in [0, 0.05) is 62.4 Å². The number of nitrogens with zero attached hydrogens (tertiary/aromatic N) is 7. The Morgan fingerprint density at radius 3 is 2.49 bits per heavy atom. The van der Waals surface area contributed by atoms with Crippen molar-refractivity contribution in [2.75, 3.05) is 13.6 Å². The number of nitrogens with one attached hydrogen (secondary N) is 1. The summed E-state index contributed by atoms with van der Waals surface area (Å²) in [7, 11) is 1.73. The molecule has 1 fully saturated rings. The van der Waals surface area contributed by atoms with Crippen molar-refractivity contribution in [3.8, 4) is 0 Å². The first-order chi connectivity index (χ1) is 25.3. The van der Waals surface area contributed by atoms with E-state index in [2.05, 4.69) is 25.9 Å². The van der Waals surface area contributed by atoms with Crippen LogP contribution in [0.15, 0.2) is 103 Å². The molecular weight excluding hydrogens is 696 g/mol. The van der Waals surface area contributed by atoms with Gasteiger partial charge in [-0.3, -0.25) is 24.7 Å². The summed E-state index contributed by atoms with van der Waals surface area (Å²) in [6.07, 6.45) is 3.58. The summed E-state index contributed by atoms with van der Waals surface area (Å²) in [5, 5.41) is 31.6. The largest absolute Gasteiger partial charge is 1.00 e. The third-order valence-electron chi connectivity index (χ3n) is 9.78. The number of aryl methyl sites for hydroxylation is 2.